The van der Waals surface area contributed by atoms with Crippen LogP contribution in [0.15, 0.2) is 0 Å². The zero-order valence-electron chi connectivity index (χ0n) is 11.9. The van der Waals surface area contributed by atoms with E-state index in [9.17, 15) is 19.5 Å². The van der Waals surface area contributed by atoms with Gasteiger partial charge in [0, 0.05) is 6.42 Å². The largest absolute Gasteiger partial charge is 0.481 e. The van der Waals surface area contributed by atoms with Crippen molar-refractivity contribution in [1.82, 2.24) is 4.90 Å². The van der Waals surface area contributed by atoms with Crippen LogP contribution in [0.5, 0.6) is 0 Å². The standard InChI is InChI=1S/C12H21NO6/c1-11(2,3)19-10(18)12(9(16)17,13(4)5)7-6-8(14)15/h6-7H2,1-5H3,(H,14,15)(H,16,17)/t12-/m1/s1. The first-order valence-corrected chi connectivity index (χ1v) is 5.79. The molecule has 0 aromatic heterocycles. The van der Waals surface area contributed by atoms with Gasteiger partial charge in [0.15, 0.2) is 0 Å². The molecule has 7 nitrogen and oxygen atoms in total. The molecule has 0 saturated heterocycles. The summed E-state index contributed by atoms with van der Waals surface area (Å²) in [5, 5.41) is 18.0. The van der Waals surface area contributed by atoms with E-state index in [2.05, 4.69) is 0 Å². The Hall–Kier alpha value is -1.63. The normalized spacial score (nSPS) is 14.8. The smallest absolute Gasteiger partial charge is 0.338 e. The van der Waals surface area contributed by atoms with Crippen molar-refractivity contribution in [1.29, 1.82) is 0 Å². The van der Waals surface area contributed by atoms with Crippen LogP contribution >= 0.6 is 0 Å². The number of carboxylic acids is 2. The highest BCUT2D eigenvalue weighted by molar-refractivity contribution is 6.04. The highest BCUT2D eigenvalue weighted by Gasteiger charge is 2.51. The minimum absolute atomic E-state index is 0.362. The number of nitrogens with zero attached hydrogens (tertiary/aromatic N) is 1. The van der Waals surface area contributed by atoms with Crippen LogP contribution in [-0.4, -0.2) is 58.3 Å². The third-order valence-corrected chi connectivity index (χ3v) is 2.55. The van der Waals surface area contributed by atoms with Crippen LogP contribution in [-0.2, 0) is 19.1 Å². The summed E-state index contributed by atoms with van der Waals surface area (Å²) in [7, 11) is 2.81. The topological polar surface area (TPSA) is 104 Å². The van der Waals surface area contributed by atoms with E-state index in [4.69, 9.17) is 9.84 Å². The maximum Gasteiger partial charge on any atom is 0.338 e. The van der Waals surface area contributed by atoms with Crippen LogP contribution in [0.25, 0.3) is 0 Å². The molecule has 0 aromatic carbocycles. The maximum atomic E-state index is 12.1. The number of carbonyl (C=O) groups is 3. The molecule has 0 spiro atoms. The second-order valence-electron chi connectivity index (χ2n) is 5.46. The summed E-state index contributed by atoms with van der Waals surface area (Å²) < 4.78 is 5.10. The Morgan fingerprint density at radius 3 is 1.84 bits per heavy atom. The lowest BCUT2D eigenvalue weighted by Crippen LogP contribution is -2.59. The molecule has 0 aliphatic carbocycles. The number of hydrogen-bond donors (Lipinski definition) is 2. The third kappa shape index (κ3) is 4.51. The average molecular weight is 275 g/mol. The minimum atomic E-state index is -1.99. The summed E-state index contributed by atoms with van der Waals surface area (Å²) in [5.74, 6) is -3.55. The number of ether oxygens (including phenoxy) is 1. The first-order chi connectivity index (χ1) is 8.43. The van der Waals surface area contributed by atoms with Crippen molar-refractivity contribution in [3.63, 3.8) is 0 Å². The molecule has 0 aliphatic heterocycles. The summed E-state index contributed by atoms with van der Waals surface area (Å²) in [6.45, 7) is 4.85. The predicted molar refractivity (Wildman–Crippen MR) is 66.8 cm³/mol. The van der Waals surface area contributed by atoms with Gasteiger partial charge < -0.3 is 14.9 Å². The zero-order valence-corrected chi connectivity index (χ0v) is 11.9. The number of aliphatic carboxylic acids is 2. The van der Waals surface area contributed by atoms with Gasteiger partial charge in [0.05, 0.1) is 0 Å². The van der Waals surface area contributed by atoms with Crippen LogP contribution in [0.2, 0.25) is 0 Å². The van der Waals surface area contributed by atoms with Gasteiger partial charge in [-0.25, -0.2) is 9.59 Å². The number of carbonyl (C=O) groups excluding carboxylic acids is 1. The van der Waals surface area contributed by atoms with Gasteiger partial charge in [-0.2, -0.15) is 0 Å². The van der Waals surface area contributed by atoms with E-state index in [1.807, 2.05) is 0 Å². The molecule has 0 heterocycles. The van der Waals surface area contributed by atoms with E-state index < -0.39 is 35.5 Å². The third-order valence-electron chi connectivity index (χ3n) is 2.55. The minimum Gasteiger partial charge on any atom is -0.481 e. The fourth-order valence-electron chi connectivity index (χ4n) is 1.54. The molecule has 0 saturated carbocycles. The zero-order chi connectivity index (χ0) is 15.4. The summed E-state index contributed by atoms with van der Waals surface area (Å²) in [5.41, 5.74) is -2.84. The molecule has 0 amide bonds. The number of carboxylic acid groups (broad SMARTS) is 2. The van der Waals surface area contributed by atoms with Crippen molar-refractivity contribution in [2.75, 3.05) is 14.1 Å². The molecule has 7 heteroatoms. The fourth-order valence-corrected chi connectivity index (χ4v) is 1.54. The average Bonchev–Trinajstić information content (AvgIpc) is 2.13. The quantitative estimate of drug-likeness (QED) is 0.539. The molecule has 0 radical (unpaired) electrons. The fraction of sp³-hybridized carbons (Fsp3) is 0.750. The van der Waals surface area contributed by atoms with Crippen molar-refractivity contribution in [2.24, 2.45) is 0 Å². The first-order valence-electron chi connectivity index (χ1n) is 5.79. The molecule has 0 unspecified atom stereocenters. The number of esters is 1. The Labute approximate surface area is 112 Å². The Balaban J connectivity index is 5.40. The molecule has 0 bridgehead atoms. The van der Waals surface area contributed by atoms with Gasteiger partial charge in [0.25, 0.3) is 0 Å². The molecular formula is C12H21NO6. The van der Waals surface area contributed by atoms with Crippen molar-refractivity contribution < 1.29 is 29.3 Å². The SMILES string of the molecule is CN(C)[C@](CCC(=O)O)(C(=O)O)C(=O)OC(C)(C)C. The van der Waals surface area contributed by atoms with Crippen LogP contribution in [0, 0.1) is 0 Å². The van der Waals surface area contributed by atoms with Gasteiger partial charge in [0.2, 0.25) is 5.54 Å². The number of rotatable bonds is 6. The highest BCUT2D eigenvalue weighted by Crippen LogP contribution is 2.24. The van der Waals surface area contributed by atoms with Crippen LogP contribution in [0.1, 0.15) is 33.6 Å². The molecule has 0 aromatic rings. The van der Waals surface area contributed by atoms with Crippen LogP contribution in [0.4, 0.5) is 0 Å². The van der Waals surface area contributed by atoms with Crippen molar-refractivity contribution in [3.8, 4) is 0 Å². The second kappa shape index (κ2) is 6.01. The molecule has 2 N–H and O–H groups in total. The molecule has 110 valence electrons. The summed E-state index contributed by atoms with van der Waals surface area (Å²) in [6, 6.07) is 0. The molecule has 1 atom stereocenters. The van der Waals surface area contributed by atoms with Crippen molar-refractivity contribution >= 4 is 17.9 Å². The van der Waals surface area contributed by atoms with E-state index in [1.54, 1.807) is 20.8 Å². The lowest BCUT2D eigenvalue weighted by atomic mass is 9.91. The van der Waals surface area contributed by atoms with E-state index in [0.717, 1.165) is 0 Å². The maximum absolute atomic E-state index is 12.1. The van der Waals surface area contributed by atoms with Gasteiger partial charge in [-0.1, -0.05) is 0 Å². The lowest BCUT2D eigenvalue weighted by Gasteiger charge is -2.35. The molecule has 0 rings (SSSR count). The number of likely N-dealkylation sites (N-methyl/N-ethyl adjacent to an activating group) is 1. The highest BCUT2D eigenvalue weighted by atomic mass is 16.6. The lowest BCUT2D eigenvalue weighted by molar-refractivity contribution is -0.178. The molecule has 0 fully saturated rings. The number of hydrogen-bond acceptors (Lipinski definition) is 5. The van der Waals surface area contributed by atoms with E-state index in [0.29, 0.717) is 0 Å². The first kappa shape index (κ1) is 17.4. The predicted octanol–water partition coefficient (Wildman–Crippen LogP) is 0.578. The van der Waals surface area contributed by atoms with Crippen LogP contribution in [0.3, 0.4) is 0 Å². The van der Waals surface area contributed by atoms with Crippen molar-refractivity contribution in [2.45, 2.75) is 44.8 Å². The van der Waals surface area contributed by atoms with E-state index in [-0.39, 0.29) is 6.42 Å². The molecule has 0 aliphatic rings. The Morgan fingerprint density at radius 2 is 1.58 bits per heavy atom. The summed E-state index contributed by atoms with van der Waals surface area (Å²) in [4.78, 5) is 35.4. The van der Waals surface area contributed by atoms with E-state index >= 15 is 0 Å². The Kier molecular flexibility index (Phi) is 5.49. The van der Waals surface area contributed by atoms with E-state index in [1.165, 1.54) is 19.0 Å². The monoisotopic (exact) mass is 275 g/mol. The van der Waals surface area contributed by atoms with Gasteiger partial charge in [-0.15, -0.1) is 0 Å². The summed E-state index contributed by atoms with van der Waals surface area (Å²) in [6.07, 6.45) is -0.802. The molecular weight excluding hydrogens is 254 g/mol. The summed E-state index contributed by atoms with van der Waals surface area (Å²) >= 11 is 0. The molecule has 19 heavy (non-hydrogen) atoms. The van der Waals surface area contributed by atoms with Crippen LogP contribution < -0.4 is 0 Å². The Bertz CT molecular complexity index is 371. The van der Waals surface area contributed by atoms with Crippen molar-refractivity contribution in [3.05, 3.63) is 0 Å². The van der Waals surface area contributed by atoms with Gasteiger partial charge in [-0.05, 0) is 41.3 Å². The second-order valence-corrected chi connectivity index (χ2v) is 5.46. The van der Waals surface area contributed by atoms with Gasteiger partial charge >= 0.3 is 17.9 Å². The Morgan fingerprint density at radius 1 is 1.11 bits per heavy atom. The van der Waals surface area contributed by atoms with Gasteiger partial charge in [-0.3, -0.25) is 9.69 Å². The van der Waals surface area contributed by atoms with Gasteiger partial charge in [0.1, 0.15) is 5.60 Å².